The van der Waals surface area contributed by atoms with Crippen LogP contribution in [-0.4, -0.2) is 33.6 Å². The van der Waals surface area contributed by atoms with Crippen molar-refractivity contribution in [2.24, 2.45) is 16.7 Å². The molecule has 2 fully saturated rings. The maximum atomic E-state index is 13.0. The van der Waals surface area contributed by atoms with Gasteiger partial charge in [-0.3, -0.25) is 4.79 Å². The van der Waals surface area contributed by atoms with Gasteiger partial charge in [-0.2, -0.15) is 0 Å². The van der Waals surface area contributed by atoms with E-state index in [0.29, 0.717) is 25.2 Å². The summed E-state index contributed by atoms with van der Waals surface area (Å²) in [7, 11) is -2.02. The molecule has 1 aromatic rings. The smallest absolute Gasteiger partial charge is 0.212 e. The third kappa shape index (κ3) is 3.26. The monoisotopic (exact) mass is 393 g/mol. The van der Waals surface area contributed by atoms with E-state index in [4.69, 9.17) is 4.74 Å². The van der Waals surface area contributed by atoms with Gasteiger partial charge in [-0.1, -0.05) is 51.1 Å². The summed E-state index contributed by atoms with van der Waals surface area (Å²) in [6.45, 7) is 6.25. The van der Waals surface area contributed by atoms with Crippen LogP contribution in [0.3, 0.4) is 0 Å². The molecule has 2 saturated carbocycles. The summed E-state index contributed by atoms with van der Waals surface area (Å²) in [6.07, 6.45) is 2.76. The number of carbonyl (C=O) groups excluding carboxylic acids is 1. The lowest BCUT2D eigenvalue weighted by Crippen LogP contribution is -2.48. The molecular weight excluding hydrogens is 362 g/mol. The van der Waals surface area contributed by atoms with Crippen LogP contribution < -0.4 is 4.72 Å². The van der Waals surface area contributed by atoms with Crippen LogP contribution in [0.2, 0.25) is 0 Å². The quantitative estimate of drug-likeness (QED) is 0.736. The minimum absolute atomic E-state index is 0.116. The Morgan fingerprint density at radius 3 is 2.41 bits per heavy atom. The molecule has 2 bridgehead atoms. The van der Waals surface area contributed by atoms with Gasteiger partial charge in [0.05, 0.1) is 5.75 Å². The molecule has 2 aliphatic rings. The van der Waals surface area contributed by atoms with Gasteiger partial charge in [0.15, 0.2) is 0 Å². The second-order valence-electron chi connectivity index (χ2n) is 8.66. The molecule has 0 radical (unpaired) electrons. The van der Waals surface area contributed by atoms with Gasteiger partial charge in [0.1, 0.15) is 11.4 Å². The fraction of sp³-hybridized carbons (Fsp3) is 0.667. The molecule has 27 heavy (non-hydrogen) atoms. The van der Waals surface area contributed by atoms with Crippen LogP contribution in [0.1, 0.15) is 52.0 Å². The van der Waals surface area contributed by atoms with Crippen molar-refractivity contribution in [1.29, 1.82) is 0 Å². The predicted molar refractivity (Wildman–Crippen MR) is 106 cm³/mol. The van der Waals surface area contributed by atoms with Crippen molar-refractivity contribution in [3.05, 3.63) is 35.9 Å². The first-order chi connectivity index (χ1) is 12.6. The maximum Gasteiger partial charge on any atom is 0.212 e. The third-order valence-corrected chi connectivity index (χ3v) is 8.87. The van der Waals surface area contributed by atoms with E-state index >= 15 is 0 Å². The maximum absolute atomic E-state index is 13.0. The van der Waals surface area contributed by atoms with E-state index in [9.17, 15) is 13.2 Å². The first-order valence-electron chi connectivity index (χ1n) is 9.74. The van der Waals surface area contributed by atoms with Crippen LogP contribution in [-0.2, 0) is 25.2 Å². The Morgan fingerprint density at radius 1 is 1.26 bits per heavy atom. The number of ether oxygens (including phenoxy) is 1. The largest absolute Gasteiger partial charge is 0.372 e. The molecule has 6 heteroatoms. The van der Waals surface area contributed by atoms with Crippen LogP contribution in [0.4, 0.5) is 0 Å². The summed E-state index contributed by atoms with van der Waals surface area (Å²) in [5.41, 5.74) is -0.798. The Morgan fingerprint density at radius 2 is 1.93 bits per heavy atom. The second-order valence-corrected chi connectivity index (χ2v) is 10.5. The number of carbonyl (C=O) groups is 1. The molecule has 0 aromatic heterocycles. The fourth-order valence-electron chi connectivity index (χ4n) is 5.22. The van der Waals surface area contributed by atoms with E-state index in [2.05, 4.69) is 18.6 Å². The zero-order chi connectivity index (χ0) is 19.9. The number of methoxy groups -OCH3 is 1. The normalized spacial score (nSPS) is 29.0. The fourth-order valence-corrected chi connectivity index (χ4v) is 7.10. The Labute approximate surface area is 162 Å². The minimum atomic E-state index is -3.63. The average molecular weight is 394 g/mol. The van der Waals surface area contributed by atoms with Crippen molar-refractivity contribution in [3.63, 3.8) is 0 Å². The number of Topliss-reactive ketones (excluding diaryl/α,β-unsaturated/α-hetero) is 1. The molecule has 0 unspecified atom stereocenters. The van der Waals surface area contributed by atoms with Crippen LogP contribution in [0.25, 0.3) is 0 Å². The Kier molecular flexibility index (Phi) is 5.30. The van der Waals surface area contributed by atoms with Gasteiger partial charge in [0.2, 0.25) is 10.0 Å². The van der Waals surface area contributed by atoms with Crippen molar-refractivity contribution in [1.82, 2.24) is 4.72 Å². The van der Waals surface area contributed by atoms with Gasteiger partial charge in [-0.25, -0.2) is 13.1 Å². The number of hydrogen-bond acceptors (Lipinski definition) is 4. The molecule has 2 aliphatic carbocycles. The Bertz CT molecular complexity index is 799. The molecule has 5 nitrogen and oxygen atoms in total. The summed E-state index contributed by atoms with van der Waals surface area (Å²) in [5.74, 6) is 0.296. The van der Waals surface area contributed by atoms with Gasteiger partial charge in [0, 0.05) is 25.5 Å². The molecule has 0 aliphatic heterocycles. The van der Waals surface area contributed by atoms with Crippen molar-refractivity contribution >= 4 is 15.8 Å². The second kappa shape index (κ2) is 6.98. The SMILES string of the molecule is CC[C@@](CNS(=O)(=O)C[C@@]12CC[C@H](CC1=O)C2(C)C)(OC)c1ccccc1. The molecule has 0 amide bonds. The van der Waals surface area contributed by atoms with Crippen LogP contribution in [0.15, 0.2) is 30.3 Å². The third-order valence-electron chi connectivity index (χ3n) is 7.41. The molecule has 0 spiro atoms. The van der Waals surface area contributed by atoms with Crippen LogP contribution in [0.5, 0.6) is 0 Å². The Hall–Kier alpha value is -1.24. The predicted octanol–water partition coefficient (Wildman–Crippen LogP) is 3.25. The van der Waals surface area contributed by atoms with E-state index in [1.165, 1.54) is 0 Å². The van der Waals surface area contributed by atoms with Gasteiger partial charge >= 0.3 is 0 Å². The summed E-state index contributed by atoms with van der Waals surface area (Å²) >= 11 is 0. The number of nitrogens with one attached hydrogen (secondary N) is 1. The highest BCUT2D eigenvalue weighted by molar-refractivity contribution is 7.89. The molecule has 150 valence electrons. The first-order valence-corrected chi connectivity index (χ1v) is 11.4. The summed E-state index contributed by atoms with van der Waals surface area (Å²) in [5, 5.41) is 0. The Balaban J connectivity index is 1.80. The number of rotatable bonds is 8. The van der Waals surface area contributed by atoms with Gasteiger partial charge < -0.3 is 4.74 Å². The molecule has 0 saturated heterocycles. The zero-order valence-electron chi connectivity index (χ0n) is 16.7. The standard InChI is InChI=1S/C21H31NO4S/c1-5-21(26-4,16-9-7-6-8-10-16)14-22-27(24,25)15-20-12-11-17(13-18(20)23)19(20,2)3/h6-10,17,22H,5,11-15H2,1-4H3/t17-,20+,21+/m1/s1. The highest BCUT2D eigenvalue weighted by atomic mass is 32.2. The minimum Gasteiger partial charge on any atom is -0.372 e. The van der Waals surface area contributed by atoms with Gasteiger partial charge in [-0.05, 0) is 36.2 Å². The first kappa shape index (κ1) is 20.5. The highest BCUT2D eigenvalue weighted by Gasteiger charge is 2.65. The van der Waals surface area contributed by atoms with E-state index in [0.717, 1.165) is 12.0 Å². The van der Waals surface area contributed by atoms with E-state index in [1.54, 1.807) is 7.11 Å². The van der Waals surface area contributed by atoms with Crippen molar-refractivity contribution in [2.75, 3.05) is 19.4 Å². The summed E-state index contributed by atoms with van der Waals surface area (Å²) in [4.78, 5) is 12.7. The van der Waals surface area contributed by atoms with Gasteiger partial charge in [-0.15, -0.1) is 0 Å². The number of ketones is 1. The van der Waals surface area contributed by atoms with Crippen molar-refractivity contribution in [3.8, 4) is 0 Å². The number of benzene rings is 1. The molecule has 1 N–H and O–H groups in total. The number of hydrogen-bond donors (Lipinski definition) is 1. The topological polar surface area (TPSA) is 72.5 Å². The number of sulfonamides is 1. The van der Waals surface area contributed by atoms with Gasteiger partial charge in [0.25, 0.3) is 0 Å². The lowest BCUT2D eigenvalue weighted by molar-refractivity contribution is -0.128. The molecule has 1 aromatic carbocycles. The van der Waals surface area contributed by atoms with Crippen LogP contribution in [0, 0.1) is 16.7 Å². The highest BCUT2D eigenvalue weighted by Crippen LogP contribution is 2.64. The molecule has 3 atom stereocenters. The lowest BCUT2D eigenvalue weighted by Gasteiger charge is -2.37. The summed E-state index contributed by atoms with van der Waals surface area (Å²) in [6, 6.07) is 9.67. The van der Waals surface area contributed by atoms with Crippen molar-refractivity contribution in [2.45, 2.75) is 52.1 Å². The lowest BCUT2D eigenvalue weighted by atomic mass is 9.70. The van der Waals surface area contributed by atoms with E-state index in [1.807, 2.05) is 37.3 Å². The van der Waals surface area contributed by atoms with Crippen molar-refractivity contribution < 1.29 is 17.9 Å². The van der Waals surface area contributed by atoms with Crippen LogP contribution >= 0.6 is 0 Å². The molecule has 0 heterocycles. The van der Waals surface area contributed by atoms with E-state index < -0.39 is 21.0 Å². The zero-order valence-corrected chi connectivity index (χ0v) is 17.6. The summed E-state index contributed by atoms with van der Waals surface area (Å²) < 4.78 is 34.5. The average Bonchev–Trinajstić information content (AvgIpc) is 2.98. The molecule has 3 rings (SSSR count). The molecular formula is C21H31NO4S. The van der Waals surface area contributed by atoms with E-state index in [-0.39, 0.29) is 23.5 Å². The number of fused-ring (bicyclic) bond motifs is 2.